The molecule has 5 nitrogen and oxygen atoms in total. The molecule has 0 aliphatic carbocycles. The second kappa shape index (κ2) is 5.79. The van der Waals surface area contributed by atoms with Gasteiger partial charge in [0, 0.05) is 11.6 Å². The van der Waals surface area contributed by atoms with E-state index in [4.69, 9.17) is 10.5 Å². The molecule has 0 spiro atoms. The molecule has 0 bridgehead atoms. The molecule has 0 aromatic heterocycles. The molecule has 0 unspecified atom stereocenters. The molecule has 0 radical (unpaired) electrons. The molecule has 1 atom stereocenters. The highest BCUT2D eigenvalue weighted by molar-refractivity contribution is 5.78. The standard InChI is InChI=1S/C11H12F3NO4/c1-17-8-5-6(19-11(12,13)14)3-4-7(8)9(15)10(16)18-2/h3-5,9H,15H2,1-2H3/t9-/m0/s1. The number of esters is 1. The van der Waals surface area contributed by atoms with E-state index < -0.39 is 24.1 Å². The van der Waals surface area contributed by atoms with Crippen LogP contribution in [0.4, 0.5) is 13.2 Å². The van der Waals surface area contributed by atoms with Crippen LogP contribution in [-0.4, -0.2) is 26.6 Å². The van der Waals surface area contributed by atoms with Crippen LogP contribution in [0.25, 0.3) is 0 Å². The van der Waals surface area contributed by atoms with Crippen LogP contribution >= 0.6 is 0 Å². The summed E-state index contributed by atoms with van der Waals surface area (Å²) in [6.45, 7) is 0. The monoisotopic (exact) mass is 279 g/mol. The average molecular weight is 279 g/mol. The lowest BCUT2D eigenvalue weighted by atomic mass is 10.1. The van der Waals surface area contributed by atoms with Gasteiger partial charge in [-0.3, -0.25) is 4.79 Å². The summed E-state index contributed by atoms with van der Waals surface area (Å²) in [5.41, 5.74) is 5.78. The van der Waals surface area contributed by atoms with Crippen LogP contribution in [0.2, 0.25) is 0 Å². The molecule has 0 fully saturated rings. The molecule has 0 aliphatic heterocycles. The maximum Gasteiger partial charge on any atom is 0.573 e. The van der Waals surface area contributed by atoms with Crippen molar-refractivity contribution in [3.8, 4) is 11.5 Å². The van der Waals surface area contributed by atoms with E-state index in [0.717, 1.165) is 19.2 Å². The molecule has 8 heteroatoms. The number of rotatable bonds is 4. The summed E-state index contributed by atoms with van der Waals surface area (Å²) >= 11 is 0. The number of carbonyl (C=O) groups excluding carboxylic acids is 1. The second-order valence-electron chi connectivity index (χ2n) is 3.45. The van der Waals surface area contributed by atoms with Crippen molar-refractivity contribution in [2.24, 2.45) is 5.73 Å². The minimum absolute atomic E-state index is 0.000324. The van der Waals surface area contributed by atoms with Crippen LogP contribution in [0, 0.1) is 0 Å². The van der Waals surface area contributed by atoms with Gasteiger partial charge in [0.1, 0.15) is 17.5 Å². The fourth-order valence-electron chi connectivity index (χ4n) is 1.40. The molecular weight excluding hydrogens is 267 g/mol. The Morgan fingerprint density at radius 1 is 1.32 bits per heavy atom. The van der Waals surface area contributed by atoms with Crippen molar-refractivity contribution in [2.45, 2.75) is 12.4 Å². The van der Waals surface area contributed by atoms with E-state index in [-0.39, 0.29) is 11.3 Å². The van der Waals surface area contributed by atoms with Crippen molar-refractivity contribution in [1.29, 1.82) is 0 Å². The first-order chi connectivity index (χ1) is 8.78. The van der Waals surface area contributed by atoms with Crippen molar-refractivity contribution in [3.63, 3.8) is 0 Å². The van der Waals surface area contributed by atoms with Gasteiger partial charge in [0.05, 0.1) is 14.2 Å². The molecule has 0 saturated carbocycles. The summed E-state index contributed by atoms with van der Waals surface area (Å²) in [6.07, 6.45) is -4.81. The van der Waals surface area contributed by atoms with Crippen LogP contribution in [0.15, 0.2) is 18.2 Å². The fraction of sp³-hybridized carbons (Fsp3) is 0.364. The predicted molar refractivity (Wildman–Crippen MR) is 58.6 cm³/mol. The third-order valence-electron chi connectivity index (χ3n) is 2.23. The Labute approximate surface area is 107 Å². The Hall–Kier alpha value is -1.96. The third kappa shape index (κ3) is 4.02. The Morgan fingerprint density at radius 3 is 2.42 bits per heavy atom. The highest BCUT2D eigenvalue weighted by Gasteiger charge is 2.31. The van der Waals surface area contributed by atoms with Crippen LogP contribution in [0.3, 0.4) is 0 Å². The molecule has 0 heterocycles. The van der Waals surface area contributed by atoms with Crippen LogP contribution in [-0.2, 0) is 9.53 Å². The Balaban J connectivity index is 3.06. The fourth-order valence-corrected chi connectivity index (χ4v) is 1.40. The quantitative estimate of drug-likeness (QED) is 0.850. The minimum Gasteiger partial charge on any atom is -0.496 e. The summed E-state index contributed by atoms with van der Waals surface area (Å²) < 4.78 is 49.2. The number of hydrogen-bond acceptors (Lipinski definition) is 5. The lowest BCUT2D eigenvalue weighted by Gasteiger charge is -2.15. The van der Waals surface area contributed by atoms with E-state index in [9.17, 15) is 18.0 Å². The van der Waals surface area contributed by atoms with Gasteiger partial charge in [0.2, 0.25) is 0 Å². The van der Waals surface area contributed by atoms with Crippen molar-refractivity contribution >= 4 is 5.97 Å². The van der Waals surface area contributed by atoms with E-state index in [1.54, 1.807) is 0 Å². The van der Waals surface area contributed by atoms with Crippen molar-refractivity contribution < 1.29 is 32.2 Å². The van der Waals surface area contributed by atoms with Gasteiger partial charge in [-0.1, -0.05) is 0 Å². The largest absolute Gasteiger partial charge is 0.573 e. The second-order valence-corrected chi connectivity index (χ2v) is 3.45. The molecule has 1 aromatic rings. The number of nitrogens with two attached hydrogens (primary N) is 1. The highest BCUT2D eigenvalue weighted by Crippen LogP contribution is 2.31. The SMILES string of the molecule is COC(=O)[C@@H](N)c1ccc(OC(F)(F)F)cc1OC. The van der Waals surface area contributed by atoms with Crippen LogP contribution < -0.4 is 15.2 Å². The zero-order chi connectivity index (χ0) is 14.6. The molecule has 106 valence electrons. The molecule has 0 saturated heterocycles. The van der Waals surface area contributed by atoms with Crippen molar-refractivity contribution in [3.05, 3.63) is 23.8 Å². The van der Waals surface area contributed by atoms with Gasteiger partial charge in [0.15, 0.2) is 0 Å². The van der Waals surface area contributed by atoms with Gasteiger partial charge in [0.25, 0.3) is 0 Å². The maximum atomic E-state index is 12.1. The lowest BCUT2D eigenvalue weighted by molar-refractivity contribution is -0.274. The number of benzene rings is 1. The van der Waals surface area contributed by atoms with Crippen LogP contribution in [0.1, 0.15) is 11.6 Å². The molecule has 1 aromatic carbocycles. The molecule has 0 aliphatic rings. The van der Waals surface area contributed by atoms with Crippen molar-refractivity contribution in [2.75, 3.05) is 14.2 Å². The summed E-state index contributed by atoms with van der Waals surface area (Å²) in [5, 5.41) is 0. The molecular formula is C11H12F3NO4. The number of alkyl halides is 3. The van der Waals surface area contributed by atoms with Gasteiger partial charge in [-0.25, -0.2) is 0 Å². The first-order valence-electron chi connectivity index (χ1n) is 5.05. The lowest BCUT2D eigenvalue weighted by Crippen LogP contribution is -2.23. The maximum absolute atomic E-state index is 12.1. The van der Waals surface area contributed by atoms with E-state index in [0.29, 0.717) is 0 Å². The number of halogens is 3. The molecule has 2 N–H and O–H groups in total. The molecule has 19 heavy (non-hydrogen) atoms. The van der Waals surface area contributed by atoms with E-state index >= 15 is 0 Å². The van der Waals surface area contributed by atoms with Gasteiger partial charge in [-0.2, -0.15) is 0 Å². The zero-order valence-electron chi connectivity index (χ0n) is 10.2. The van der Waals surface area contributed by atoms with Gasteiger partial charge >= 0.3 is 12.3 Å². The summed E-state index contributed by atoms with van der Waals surface area (Å²) in [4.78, 5) is 11.3. The first-order valence-corrected chi connectivity index (χ1v) is 5.05. The third-order valence-corrected chi connectivity index (χ3v) is 2.23. The molecule has 0 amide bonds. The minimum atomic E-state index is -4.81. The van der Waals surface area contributed by atoms with Crippen molar-refractivity contribution in [1.82, 2.24) is 0 Å². The topological polar surface area (TPSA) is 70.8 Å². The summed E-state index contributed by atoms with van der Waals surface area (Å²) in [6, 6.07) is 2.08. The predicted octanol–water partition coefficient (Wildman–Crippen LogP) is 1.77. The van der Waals surface area contributed by atoms with Gasteiger partial charge < -0.3 is 19.9 Å². The smallest absolute Gasteiger partial charge is 0.496 e. The number of methoxy groups -OCH3 is 2. The Morgan fingerprint density at radius 2 is 1.95 bits per heavy atom. The highest BCUT2D eigenvalue weighted by atomic mass is 19.4. The summed E-state index contributed by atoms with van der Waals surface area (Å²) in [7, 11) is 2.38. The van der Waals surface area contributed by atoms with Gasteiger partial charge in [-0.05, 0) is 12.1 Å². The van der Waals surface area contributed by atoms with E-state index in [1.807, 2.05) is 0 Å². The number of ether oxygens (including phenoxy) is 3. The Bertz CT molecular complexity index is 462. The Kier molecular flexibility index (Phi) is 4.60. The zero-order valence-corrected chi connectivity index (χ0v) is 10.2. The van der Waals surface area contributed by atoms with E-state index in [1.165, 1.54) is 13.2 Å². The molecule has 1 rings (SSSR count). The van der Waals surface area contributed by atoms with Crippen LogP contribution in [0.5, 0.6) is 11.5 Å². The van der Waals surface area contributed by atoms with E-state index in [2.05, 4.69) is 9.47 Å². The first kappa shape index (κ1) is 15.1. The average Bonchev–Trinajstić information content (AvgIpc) is 2.34. The normalized spacial score (nSPS) is 12.7. The summed E-state index contributed by atoms with van der Waals surface area (Å²) in [5.74, 6) is -1.20. The number of carbonyl (C=O) groups is 1. The number of hydrogen-bond donors (Lipinski definition) is 1. The van der Waals surface area contributed by atoms with Gasteiger partial charge in [-0.15, -0.1) is 13.2 Å².